The number of halogens is 1. The van der Waals surface area contributed by atoms with E-state index < -0.39 is 0 Å². The van der Waals surface area contributed by atoms with Gasteiger partial charge in [0, 0.05) is 5.88 Å². The van der Waals surface area contributed by atoms with Crippen LogP contribution in [0.15, 0.2) is 36.4 Å². The Morgan fingerprint density at radius 3 is 2.67 bits per heavy atom. The molecule has 0 aliphatic heterocycles. The highest BCUT2D eigenvalue weighted by Crippen LogP contribution is 2.24. The molecule has 2 aromatic rings. The van der Waals surface area contributed by atoms with E-state index in [9.17, 15) is 0 Å². The smallest absolute Gasteiger partial charge is 0.0669 e. The third kappa shape index (κ3) is 1.82. The first-order chi connectivity index (χ1) is 7.36. The SMILES string of the molecule is N#CCc1ccc2ccccc2c1CCl. The van der Waals surface area contributed by atoms with E-state index in [0.717, 1.165) is 16.5 Å². The quantitative estimate of drug-likeness (QED) is 0.702. The summed E-state index contributed by atoms with van der Waals surface area (Å²) in [4.78, 5) is 0. The Hall–Kier alpha value is -1.52. The van der Waals surface area contributed by atoms with Crippen molar-refractivity contribution in [1.82, 2.24) is 0 Å². The van der Waals surface area contributed by atoms with Gasteiger partial charge in [0.25, 0.3) is 0 Å². The molecule has 0 saturated heterocycles. The highest BCUT2D eigenvalue weighted by Gasteiger charge is 2.05. The molecule has 0 aliphatic carbocycles. The molecule has 2 heteroatoms. The molecule has 0 N–H and O–H groups in total. The zero-order valence-corrected chi connectivity index (χ0v) is 8.96. The number of rotatable bonds is 2. The lowest BCUT2D eigenvalue weighted by Crippen LogP contribution is -1.91. The van der Waals surface area contributed by atoms with Gasteiger partial charge in [0.2, 0.25) is 0 Å². The average molecular weight is 216 g/mol. The second-order valence-corrected chi connectivity index (χ2v) is 3.66. The first kappa shape index (κ1) is 10.0. The van der Waals surface area contributed by atoms with Gasteiger partial charge in [-0.05, 0) is 21.9 Å². The average Bonchev–Trinajstić information content (AvgIpc) is 2.29. The highest BCUT2D eigenvalue weighted by atomic mass is 35.5. The molecule has 0 aromatic heterocycles. The van der Waals surface area contributed by atoms with Crippen molar-refractivity contribution in [2.24, 2.45) is 0 Å². The van der Waals surface area contributed by atoms with Gasteiger partial charge in [-0.3, -0.25) is 0 Å². The van der Waals surface area contributed by atoms with Crippen LogP contribution in [0.2, 0.25) is 0 Å². The van der Waals surface area contributed by atoms with Crippen molar-refractivity contribution in [3.63, 3.8) is 0 Å². The Morgan fingerprint density at radius 2 is 1.93 bits per heavy atom. The van der Waals surface area contributed by atoms with Crippen molar-refractivity contribution in [1.29, 1.82) is 5.26 Å². The Morgan fingerprint density at radius 1 is 1.13 bits per heavy atom. The van der Waals surface area contributed by atoms with Crippen molar-refractivity contribution in [2.45, 2.75) is 12.3 Å². The number of benzene rings is 2. The van der Waals surface area contributed by atoms with Crippen LogP contribution in [-0.4, -0.2) is 0 Å². The zero-order valence-electron chi connectivity index (χ0n) is 8.20. The van der Waals surface area contributed by atoms with Gasteiger partial charge in [-0.1, -0.05) is 36.4 Å². The monoisotopic (exact) mass is 215 g/mol. The first-order valence-corrected chi connectivity index (χ1v) is 5.32. The lowest BCUT2D eigenvalue weighted by molar-refractivity contribution is 1.21. The lowest BCUT2D eigenvalue weighted by atomic mass is 9.98. The largest absolute Gasteiger partial charge is 0.198 e. The fourth-order valence-corrected chi connectivity index (χ4v) is 2.11. The van der Waals surface area contributed by atoms with E-state index in [-0.39, 0.29) is 0 Å². The molecule has 1 nitrogen and oxygen atoms in total. The predicted molar refractivity (Wildman–Crippen MR) is 62.8 cm³/mol. The fraction of sp³-hybridized carbons (Fsp3) is 0.154. The Balaban J connectivity index is 2.71. The molecule has 0 spiro atoms. The maximum atomic E-state index is 8.72. The van der Waals surface area contributed by atoms with Crippen LogP contribution in [0.1, 0.15) is 11.1 Å². The van der Waals surface area contributed by atoms with Crippen LogP contribution < -0.4 is 0 Å². The van der Waals surface area contributed by atoms with Crippen molar-refractivity contribution >= 4 is 22.4 Å². The Kier molecular flexibility index (Phi) is 2.89. The molecular weight excluding hydrogens is 206 g/mol. The van der Waals surface area contributed by atoms with E-state index in [0.29, 0.717) is 12.3 Å². The molecule has 74 valence electrons. The van der Waals surface area contributed by atoms with Gasteiger partial charge >= 0.3 is 0 Å². The van der Waals surface area contributed by atoms with Crippen LogP contribution in [0.25, 0.3) is 10.8 Å². The number of hydrogen-bond donors (Lipinski definition) is 0. The molecule has 15 heavy (non-hydrogen) atoms. The number of alkyl halides is 1. The number of hydrogen-bond acceptors (Lipinski definition) is 1. The van der Waals surface area contributed by atoms with Crippen molar-refractivity contribution in [2.75, 3.05) is 0 Å². The Labute approximate surface area is 93.9 Å². The summed E-state index contributed by atoms with van der Waals surface area (Å²) < 4.78 is 0. The molecule has 0 heterocycles. The van der Waals surface area contributed by atoms with E-state index in [1.807, 2.05) is 30.3 Å². The van der Waals surface area contributed by atoms with Crippen LogP contribution in [0, 0.1) is 11.3 Å². The molecule has 0 unspecified atom stereocenters. The molecule has 0 radical (unpaired) electrons. The topological polar surface area (TPSA) is 23.8 Å². The predicted octanol–water partition coefficient (Wildman–Crippen LogP) is 3.64. The normalized spacial score (nSPS) is 10.1. The second-order valence-electron chi connectivity index (χ2n) is 3.39. The van der Waals surface area contributed by atoms with Crippen molar-refractivity contribution in [3.05, 3.63) is 47.5 Å². The van der Waals surface area contributed by atoms with Crippen molar-refractivity contribution < 1.29 is 0 Å². The minimum absolute atomic E-state index is 0.423. The standard InChI is InChI=1S/C13H10ClN/c14-9-13-11(7-8-15)6-5-10-3-1-2-4-12(10)13/h1-6H,7,9H2. The molecular formula is C13H10ClN. The Bertz CT molecular complexity index is 526. The molecule has 0 aliphatic rings. The lowest BCUT2D eigenvalue weighted by Gasteiger charge is -2.07. The van der Waals surface area contributed by atoms with E-state index in [1.54, 1.807) is 0 Å². The third-order valence-electron chi connectivity index (χ3n) is 2.54. The van der Waals surface area contributed by atoms with Crippen LogP contribution in [0.3, 0.4) is 0 Å². The fourth-order valence-electron chi connectivity index (χ4n) is 1.79. The van der Waals surface area contributed by atoms with Gasteiger partial charge in [0.15, 0.2) is 0 Å². The molecule has 0 saturated carbocycles. The third-order valence-corrected chi connectivity index (χ3v) is 2.81. The summed E-state index contributed by atoms with van der Waals surface area (Å²) >= 11 is 5.94. The van der Waals surface area contributed by atoms with Crippen LogP contribution in [0.5, 0.6) is 0 Å². The van der Waals surface area contributed by atoms with Gasteiger partial charge in [-0.15, -0.1) is 11.6 Å². The van der Waals surface area contributed by atoms with Gasteiger partial charge < -0.3 is 0 Å². The molecule has 2 aromatic carbocycles. The minimum atomic E-state index is 0.423. The summed E-state index contributed by atoms with van der Waals surface area (Å²) in [5.74, 6) is 0.457. The molecule has 0 atom stereocenters. The molecule has 0 amide bonds. The molecule has 2 rings (SSSR count). The summed E-state index contributed by atoms with van der Waals surface area (Å²) in [6.45, 7) is 0. The van der Waals surface area contributed by atoms with Crippen molar-refractivity contribution in [3.8, 4) is 6.07 Å². The summed E-state index contributed by atoms with van der Waals surface area (Å²) in [6.07, 6.45) is 0.423. The number of nitrogens with zero attached hydrogens (tertiary/aromatic N) is 1. The summed E-state index contributed by atoms with van der Waals surface area (Å²) in [6, 6.07) is 14.3. The van der Waals surface area contributed by atoms with E-state index in [1.165, 1.54) is 5.39 Å². The van der Waals surface area contributed by atoms with Gasteiger partial charge in [0.1, 0.15) is 0 Å². The number of nitriles is 1. The second kappa shape index (κ2) is 4.33. The highest BCUT2D eigenvalue weighted by molar-refractivity contribution is 6.18. The summed E-state index contributed by atoms with van der Waals surface area (Å²) in [5.41, 5.74) is 2.11. The summed E-state index contributed by atoms with van der Waals surface area (Å²) in [5, 5.41) is 11.0. The van der Waals surface area contributed by atoms with Gasteiger partial charge in [-0.25, -0.2) is 0 Å². The van der Waals surface area contributed by atoms with E-state index in [2.05, 4.69) is 12.1 Å². The minimum Gasteiger partial charge on any atom is -0.198 e. The maximum absolute atomic E-state index is 8.72. The maximum Gasteiger partial charge on any atom is 0.0669 e. The molecule has 0 fully saturated rings. The van der Waals surface area contributed by atoms with Crippen LogP contribution >= 0.6 is 11.6 Å². The number of fused-ring (bicyclic) bond motifs is 1. The zero-order chi connectivity index (χ0) is 10.7. The van der Waals surface area contributed by atoms with E-state index >= 15 is 0 Å². The van der Waals surface area contributed by atoms with Crippen LogP contribution in [0.4, 0.5) is 0 Å². The molecule has 0 bridgehead atoms. The van der Waals surface area contributed by atoms with Gasteiger partial charge in [0.05, 0.1) is 12.5 Å². The van der Waals surface area contributed by atoms with Crippen LogP contribution in [-0.2, 0) is 12.3 Å². The summed E-state index contributed by atoms with van der Waals surface area (Å²) in [7, 11) is 0. The first-order valence-electron chi connectivity index (χ1n) is 4.79. The van der Waals surface area contributed by atoms with E-state index in [4.69, 9.17) is 16.9 Å². The van der Waals surface area contributed by atoms with Gasteiger partial charge in [-0.2, -0.15) is 5.26 Å².